The van der Waals surface area contributed by atoms with Crippen molar-refractivity contribution in [3.8, 4) is 0 Å². The lowest BCUT2D eigenvalue weighted by atomic mass is 9.49. The Kier molecular flexibility index (Phi) is 34.3. The standard InChI is InChI=1S/C16H30.C14H26.C12H20.C12H22.C11H20.C7H14.C6H12.C6H14.3C5H12/c1-13-6-8-16(9-7-13)11-14(2,3)10-15(4,5)12-16;1-12-4-6-14(7-5-12)10-8-13(2,3)9-11-14;1-2-12-6-9-3-10(7-12)5-11(4-9)8-12;1-11-5-9-12(10-6-11)7-3-2-4-8-12;1-10-4-8-11(9-5-10)6-2-3-7-11;1-7-5-3-2-4-6-7;1-6-4-2-3-5-6;1-5-6(2,3)4;2*1-5(2,3)4;1-4-5(2)3/h13H,6-12H2,1-5H3;12H,4-11H2,1-3H3;9-11H,2-8H2,1H3;11H,2-10H2,1H3;10H,2-9H2,1H3;7H,2-6H2,1H3;6H,2-5H2,1H3;5H2,1-4H3;2*1-4H3;5H,4H2,1-3H3/i;;;;;7D;6D;5D2;1D3;;4D2. The van der Waals surface area contributed by atoms with Crippen LogP contribution in [0.25, 0.3) is 0 Å². The Bertz CT molecular complexity index is 2250. The molecule has 0 unspecified atom stereocenters. The molecule has 0 N–H and O–H groups in total. The first-order valence-corrected chi connectivity index (χ1v) is 44.5. The van der Waals surface area contributed by atoms with Crippen molar-refractivity contribution in [2.45, 2.75) is 515 Å². The van der Waals surface area contributed by atoms with Crippen molar-refractivity contribution in [2.75, 3.05) is 0 Å². The van der Waals surface area contributed by atoms with Gasteiger partial charge < -0.3 is 0 Å². The molecule has 0 heterocycles. The summed E-state index contributed by atoms with van der Waals surface area (Å²) in [5.74, 6) is 7.50. The highest BCUT2D eigenvalue weighted by Crippen LogP contribution is 2.62. The van der Waals surface area contributed by atoms with Gasteiger partial charge in [0.15, 0.2) is 0 Å². The van der Waals surface area contributed by atoms with E-state index in [1.807, 2.05) is 48.5 Å². The summed E-state index contributed by atoms with van der Waals surface area (Å²) in [6.07, 6.45) is 68.4. The molecule has 14 aliphatic rings. The Labute approximate surface area is 642 Å². The number of hydrogen-bond donors (Lipinski definition) is 0. The van der Waals surface area contributed by atoms with Crippen molar-refractivity contribution in [3.05, 3.63) is 0 Å². The van der Waals surface area contributed by atoms with E-state index in [2.05, 4.69) is 104 Å². The van der Waals surface area contributed by atoms with Gasteiger partial charge in [-0.15, -0.1) is 0 Å². The quantitative estimate of drug-likeness (QED) is 0.259. The lowest BCUT2D eigenvalue weighted by molar-refractivity contribution is -0.0545. The summed E-state index contributed by atoms with van der Waals surface area (Å²) in [5.41, 5.74) is 5.53. The second kappa shape index (κ2) is 43.3. The van der Waals surface area contributed by atoms with Crippen LogP contribution in [-0.4, -0.2) is 0 Å². The van der Waals surface area contributed by atoms with Crippen molar-refractivity contribution < 1.29 is 12.3 Å². The van der Waals surface area contributed by atoms with E-state index in [1.54, 1.807) is 125 Å². The normalized spacial score (nSPS) is 32.0. The van der Waals surface area contributed by atoms with Crippen molar-refractivity contribution in [1.29, 1.82) is 0 Å². The van der Waals surface area contributed by atoms with Gasteiger partial charge in [0.2, 0.25) is 0 Å². The SMILES string of the molecule is CC(C)(C)C.CC1CCC2(CC1)CC(C)(C)CC(C)(C)C2.CC1CCC2(CC1)CCC(C)(C)CC2.CC1CCC2(CCCC2)CC1.CC1CCC2(CCCCC2)CC1.CCC12CC3CC(CC(C3)C1)C2.[2H]C([2H])(C)C(C)(C)C.[2H]C([2H])(C)C(C)C.[2H]C([2H])([2H])C(C)(C)C.[2H]C1(C)CCCC1.[2H]C1(C)CCCCC1. The Morgan fingerprint density at radius 2 is 0.606 bits per heavy atom. The molecule has 0 radical (unpaired) electrons. The van der Waals surface area contributed by atoms with Gasteiger partial charge in [0, 0.05) is 12.3 Å². The Balaban J connectivity index is 0.000000313. The molecule has 0 heteroatoms. The summed E-state index contributed by atoms with van der Waals surface area (Å²) in [5, 5.41) is 0. The van der Waals surface area contributed by atoms with Crippen LogP contribution in [0.2, 0.25) is 0 Å². The molecule has 0 aliphatic heterocycles. The Morgan fingerprint density at radius 1 is 0.354 bits per heavy atom. The molecule has 0 aromatic carbocycles. The summed E-state index contributed by atoms with van der Waals surface area (Å²) in [6, 6.07) is 0. The van der Waals surface area contributed by atoms with Gasteiger partial charge in [-0.25, -0.2) is 0 Å². The second-order valence-electron chi connectivity index (χ2n) is 45.2. The number of rotatable bonds is 2. The smallest absolute Gasteiger partial charge is 0.0300 e. The molecule has 14 fully saturated rings. The van der Waals surface area contributed by atoms with E-state index in [4.69, 9.17) is 12.3 Å². The second-order valence-corrected chi connectivity index (χ2v) is 45.2. The molecular weight excluding hydrogens is 1190 g/mol. The molecule has 0 aromatic heterocycles. The van der Waals surface area contributed by atoms with E-state index in [0.29, 0.717) is 27.1 Å². The minimum Gasteiger partial charge on any atom is -0.0651 e. The molecule has 0 atom stereocenters. The minimum atomic E-state index is -1.81. The van der Waals surface area contributed by atoms with E-state index < -0.39 is 25.0 Å². The van der Waals surface area contributed by atoms with Crippen molar-refractivity contribution >= 4 is 0 Å². The highest BCUT2D eigenvalue weighted by atomic mass is 14.6. The first-order chi connectivity index (χ1) is 49.0. The zero-order chi connectivity index (χ0) is 82.6. The molecule has 0 saturated heterocycles. The summed E-state index contributed by atoms with van der Waals surface area (Å²) in [6.45, 7) is 55.8. The summed E-state index contributed by atoms with van der Waals surface area (Å²) in [7, 11) is 0. The summed E-state index contributed by atoms with van der Waals surface area (Å²) >= 11 is 0. The van der Waals surface area contributed by atoms with Crippen LogP contribution in [0, 0.1) is 119 Å². The fourth-order valence-electron chi connectivity index (χ4n) is 21.6. The largest absolute Gasteiger partial charge is 0.0651 e. The lowest BCUT2D eigenvalue weighted by Gasteiger charge is -2.56. The van der Waals surface area contributed by atoms with E-state index in [0.717, 1.165) is 88.8 Å². The first kappa shape index (κ1) is 78.6. The molecule has 14 aliphatic carbocycles. The maximum absolute atomic E-state index is 7.63. The maximum atomic E-state index is 7.63. The molecule has 14 rings (SSSR count). The van der Waals surface area contributed by atoms with Gasteiger partial charge in [0.1, 0.15) is 0 Å². The van der Waals surface area contributed by atoms with Crippen LogP contribution >= 0.6 is 0 Å². The van der Waals surface area contributed by atoms with Crippen LogP contribution in [0.4, 0.5) is 0 Å². The van der Waals surface area contributed by atoms with Crippen LogP contribution in [-0.2, 0) is 0 Å². The molecule has 99 heavy (non-hydrogen) atoms. The van der Waals surface area contributed by atoms with E-state index >= 15 is 0 Å². The maximum Gasteiger partial charge on any atom is 0.0300 e. The summed E-state index contributed by atoms with van der Waals surface area (Å²) < 4.78 is 64.5. The topological polar surface area (TPSA) is 0 Å². The highest BCUT2D eigenvalue weighted by molar-refractivity contribution is 5.02. The van der Waals surface area contributed by atoms with Gasteiger partial charge in [-0.05, 0) is 279 Å². The monoisotopic (exact) mass is 1390 g/mol. The Morgan fingerprint density at radius 3 is 0.848 bits per heavy atom. The van der Waals surface area contributed by atoms with Crippen LogP contribution in [0.3, 0.4) is 0 Å². The van der Waals surface area contributed by atoms with Gasteiger partial charge in [-0.1, -0.05) is 354 Å². The third-order valence-corrected chi connectivity index (χ3v) is 27.7. The minimum absolute atomic E-state index is 0.0556. The third-order valence-electron chi connectivity index (χ3n) is 27.7. The van der Waals surface area contributed by atoms with Gasteiger partial charge in [-0.2, -0.15) is 0 Å². The molecule has 0 aromatic rings. The van der Waals surface area contributed by atoms with Gasteiger partial charge in [-0.3, -0.25) is 0 Å². The zero-order valence-corrected chi connectivity index (χ0v) is 73.6. The molecule has 0 nitrogen and oxygen atoms in total. The van der Waals surface area contributed by atoms with Crippen molar-refractivity contribution in [1.82, 2.24) is 0 Å². The van der Waals surface area contributed by atoms with Crippen LogP contribution < -0.4 is 0 Å². The fourth-order valence-corrected chi connectivity index (χ4v) is 21.6. The van der Waals surface area contributed by atoms with E-state index in [1.165, 1.54) is 193 Å². The first-order valence-electron chi connectivity index (χ1n) is 49.0. The Hall–Kier alpha value is 0. The highest BCUT2D eigenvalue weighted by Gasteiger charge is 2.51. The molecule has 590 valence electrons. The van der Waals surface area contributed by atoms with Crippen molar-refractivity contribution in [2.24, 2.45) is 119 Å². The lowest BCUT2D eigenvalue weighted by Crippen LogP contribution is -2.45. The third kappa shape index (κ3) is 40.7. The number of hydrogen-bond acceptors (Lipinski definition) is 0. The predicted octanol–water partition coefficient (Wildman–Crippen LogP) is 35.1. The molecule has 4 spiro atoms. The van der Waals surface area contributed by atoms with E-state index in [9.17, 15) is 0 Å². The zero-order valence-electron chi connectivity index (χ0n) is 82.6. The van der Waals surface area contributed by atoms with E-state index in [-0.39, 0.29) is 23.1 Å². The molecule has 0 amide bonds. The van der Waals surface area contributed by atoms with Gasteiger partial charge in [0.25, 0.3) is 0 Å². The van der Waals surface area contributed by atoms with Crippen LogP contribution in [0.5, 0.6) is 0 Å². The molecular formula is C99H194. The fraction of sp³-hybridized carbons (Fsp3) is 1.00. The molecule has 14 saturated carbocycles. The van der Waals surface area contributed by atoms with Gasteiger partial charge in [0.05, 0.1) is 0 Å². The van der Waals surface area contributed by atoms with Gasteiger partial charge >= 0.3 is 0 Å². The van der Waals surface area contributed by atoms with Crippen LogP contribution in [0.15, 0.2) is 0 Å². The average molecular weight is 1390 g/mol. The summed E-state index contributed by atoms with van der Waals surface area (Å²) in [4.78, 5) is 0. The average Bonchev–Trinajstić information content (AvgIpc) is 1.44. The molecule has 4 bridgehead atoms. The van der Waals surface area contributed by atoms with Crippen molar-refractivity contribution in [3.63, 3.8) is 0 Å². The van der Waals surface area contributed by atoms with Crippen LogP contribution in [0.1, 0.15) is 527 Å². The predicted molar refractivity (Wildman–Crippen MR) is 451 cm³/mol.